The fourth-order valence-electron chi connectivity index (χ4n) is 0.480. The second kappa shape index (κ2) is 4.77. The standard InChI is InChI=1S/C6H7N2S.V/c1-5-3-4-7-6(8-5)9-2;/h3H,1-2H3;/q-1;. The predicted octanol–water partition coefficient (Wildman–Crippen LogP) is 1.30. The van der Waals surface area contributed by atoms with Crippen LogP contribution in [-0.2, 0) is 18.6 Å². The maximum Gasteiger partial charge on any atom is 0.0720 e. The van der Waals surface area contributed by atoms with Gasteiger partial charge in [-0.1, -0.05) is 18.8 Å². The zero-order valence-corrected chi connectivity index (χ0v) is 8.04. The number of aromatic nitrogens is 2. The number of hydrogen-bond donors (Lipinski definition) is 0. The van der Waals surface area contributed by atoms with Crippen LogP contribution in [-0.4, -0.2) is 16.2 Å². The van der Waals surface area contributed by atoms with E-state index in [0.717, 1.165) is 10.9 Å². The van der Waals surface area contributed by atoms with Crippen molar-refractivity contribution in [2.75, 3.05) is 6.26 Å². The Labute approximate surface area is 76.7 Å². The first-order chi connectivity index (χ1) is 4.33. The van der Waals surface area contributed by atoms with E-state index in [2.05, 4.69) is 16.2 Å². The Bertz CT molecular complexity index is 205. The predicted molar refractivity (Wildman–Crippen MR) is 37.4 cm³/mol. The number of nitrogens with zero attached hydrogens (tertiary/aromatic N) is 2. The summed E-state index contributed by atoms with van der Waals surface area (Å²) in [5.74, 6) is 0. The third kappa shape index (κ3) is 2.73. The minimum absolute atomic E-state index is 0. The van der Waals surface area contributed by atoms with Crippen molar-refractivity contribution in [3.63, 3.8) is 0 Å². The molecule has 10 heavy (non-hydrogen) atoms. The van der Waals surface area contributed by atoms with Gasteiger partial charge in [-0.3, -0.25) is 0 Å². The fourth-order valence-corrected chi connectivity index (χ4v) is 0.860. The largest absolute Gasteiger partial charge is 0.364 e. The van der Waals surface area contributed by atoms with Gasteiger partial charge in [0, 0.05) is 18.6 Å². The van der Waals surface area contributed by atoms with E-state index in [1.807, 2.05) is 13.2 Å². The van der Waals surface area contributed by atoms with Crippen LogP contribution in [0.2, 0.25) is 0 Å². The molecule has 1 aromatic rings. The molecule has 0 atom stereocenters. The van der Waals surface area contributed by atoms with Gasteiger partial charge < -0.3 is 9.97 Å². The molecule has 0 saturated heterocycles. The normalized spacial score (nSPS) is 8.60. The Kier molecular flexibility index (Phi) is 4.78. The van der Waals surface area contributed by atoms with Gasteiger partial charge in [0.25, 0.3) is 0 Å². The number of thioether (sulfide) groups is 1. The van der Waals surface area contributed by atoms with Crippen LogP contribution in [0, 0.1) is 13.1 Å². The number of rotatable bonds is 1. The van der Waals surface area contributed by atoms with E-state index >= 15 is 0 Å². The van der Waals surface area contributed by atoms with Gasteiger partial charge >= 0.3 is 0 Å². The van der Waals surface area contributed by atoms with Gasteiger partial charge in [0.15, 0.2) is 0 Å². The topological polar surface area (TPSA) is 25.8 Å². The van der Waals surface area contributed by atoms with Gasteiger partial charge in [0.2, 0.25) is 0 Å². The van der Waals surface area contributed by atoms with Gasteiger partial charge in [0.1, 0.15) is 0 Å². The molecule has 0 amide bonds. The molecule has 1 radical (unpaired) electrons. The molecule has 0 bridgehead atoms. The minimum Gasteiger partial charge on any atom is -0.364 e. The molecule has 0 aromatic carbocycles. The average Bonchev–Trinajstić information content (AvgIpc) is 1.88. The molecule has 2 nitrogen and oxygen atoms in total. The summed E-state index contributed by atoms with van der Waals surface area (Å²) in [5, 5.41) is 0.787. The Morgan fingerprint density at radius 3 is 2.70 bits per heavy atom. The smallest absolute Gasteiger partial charge is 0.0720 e. The van der Waals surface area contributed by atoms with Gasteiger partial charge in [-0.05, 0) is 6.26 Å². The molecule has 53 valence electrons. The number of aryl methyl sites for hydroxylation is 1. The van der Waals surface area contributed by atoms with Crippen LogP contribution < -0.4 is 0 Å². The SMILES string of the molecule is CSc1n[c-]cc(C)n1.[V]. The molecule has 0 aliphatic rings. The van der Waals surface area contributed by atoms with Crippen LogP contribution in [0.1, 0.15) is 5.69 Å². The van der Waals surface area contributed by atoms with E-state index in [4.69, 9.17) is 0 Å². The third-order valence-corrected chi connectivity index (χ3v) is 1.44. The first kappa shape index (κ1) is 10.0. The Morgan fingerprint density at radius 1 is 1.60 bits per heavy atom. The molecule has 1 heterocycles. The first-order valence-corrected chi connectivity index (χ1v) is 3.81. The Balaban J connectivity index is 0.000000810. The van der Waals surface area contributed by atoms with Crippen molar-refractivity contribution in [2.24, 2.45) is 0 Å². The van der Waals surface area contributed by atoms with E-state index in [0.29, 0.717) is 0 Å². The summed E-state index contributed by atoms with van der Waals surface area (Å²) in [6.07, 6.45) is 4.69. The van der Waals surface area contributed by atoms with Crippen LogP contribution in [0.4, 0.5) is 0 Å². The summed E-state index contributed by atoms with van der Waals surface area (Å²) in [4.78, 5) is 8.00. The van der Waals surface area contributed by atoms with E-state index in [9.17, 15) is 0 Å². The molecule has 0 fully saturated rings. The first-order valence-electron chi connectivity index (χ1n) is 2.58. The zero-order valence-electron chi connectivity index (χ0n) is 5.83. The van der Waals surface area contributed by atoms with E-state index in [1.54, 1.807) is 6.07 Å². The third-order valence-electron chi connectivity index (χ3n) is 0.888. The minimum atomic E-state index is 0. The van der Waals surface area contributed by atoms with Crippen molar-refractivity contribution in [2.45, 2.75) is 12.1 Å². The van der Waals surface area contributed by atoms with Gasteiger partial charge in [0.05, 0.1) is 5.16 Å². The monoisotopic (exact) mass is 190 g/mol. The molecular weight excluding hydrogens is 183 g/mol. The molecule has 4 heteroatoms. The van der Waals surface area contributed by atoms with Crippen molar-refractivity contribution in [1.82, 2.24) is 9.97 Å². The van der Waals surface area contributed by atoms with Crippen LogP contribution in [0.15, 0.2) is 11.2 Å². The summed E-state index contributed by atoms with van der Waals surface area (Å²) in [5.41, 5.74) is 0.967. The Hall–Kier alpha value is 0.0144. The second-order valence-electron chi connectivity index (χ2n) is 1.63. The van der Waals surface area contributed by atoms with Crippen molar-refractivity contribution in [3.05, 3.63) is 18.0 Å². The van der Waals surface area contributed by atoms with Crippen LogP contribution >= 0.6 is 11.8 Å². The average molecular weight is 190 g/mol. The molecule has 0 aliphatic heterocycles. The molecule has 0 aliphatic carbocycles. The quantitative estimate of drug-likeness (QED) is 0.379. The zero-order chi connectivity index (χ0) is 6.69. The summed E-state index contributed by atoms with van der Waals surface area (Å²) >= 11 is 1.53. The van der Waals surface area contributed by atoms with Crippen LogP contribution in [0.3, 0.4) is 0 Å². The molecule has 1 aromatic heterocycles. The van der Waals surface area contributed by atoms with Gasteiger partial charge in [-0.25, -0.2) is 0 Å². The molecule has 1 rings (SSSR count). The maximum atomic E-state index is 4.11. The van der Waals surface area contributed by atoms with E-state index in [1.165, 1.54) is 11.8 Å². The summed E-state index contributed by atoms with van der Waals surface area (Å²) < 4.78 is 0. The van der Waals surface area contributed by atoms with Crippen LogP contribution in [0.5, 0.6) is 0 Å². The molecule has 0 saturated carbocycles. The molecule has 0 N–H and O–H groups in total. The van der Waals surface area contributed by atoms with Crippen molar-refractivity contribution < 1.29 is 18.6 Å². The summed E-state index contributed by atoms with van der Waals surface area (Å²) in [7, 11) is 0. The van der Waals surface area contributed by atoms with Crippen molar-refractivity contribution in [3.8, 4) is 0 Å². The Morgan fingerprint density at radius 2 is 2.30 bits per heavy atom. The van der Waals surface area contributed by atoms with Crippen LogP contribution in [0.25, 0.3) is 0 Å². The maximum absolute atomic E-state index is 4.11. The van der Waals surface area contributed by atoms with Crippen molar-refractivity contribution >= 4 is 11.8 Å². The van der Waals surface area contributed by atoms with E-state index in [-0.39, 0.29) is 18.6 Å². The van der Waals surface area contributed by atoms with Crippen molar-refractivity contribution in [1.29, 1.82) is 0 Å². The molecule has 0 unspecified atom stereocenters. The molecule has 0 spiro atoms. The fraction of sp³-hybridized carbons (Fsp3) is 0.333. The molecular formula is C6H7N2SV-. The second-order valence-corrected chi connectivity index (χ2v) is 2.40. The summed E-state index contributed by atoms with van der Waals surface area (Å²) in [6, 6.07) is 1.76. The number of hydrogen-bond acceptors (Lipinski definition) is 3. The summed E-state index contributed by atoms with van der Waals surface area (Å²) in [6.45, 7) is 1.93. The van der Waals surface area contributed by atoms with Gasteiger partial charge in [-0.15, -0.1) is 6.07 Å². The van der Waals surface area contributed by atoms with Gasteiger partial charge in [-0.2, -0.15) is 11.8 Å². The van der Waals surface area contributed by atoms with E-state index < -0.39 is 0 Å².